The van der Waals surface area contributed by atoms with Crippen LogP contribution in [0.4, 0.5) is 5.69 Å². The Kier molecular flexibility index (Phi) is 28.4. The van der Waals surface area contributed by atoms with Gasteiger partial charge in [0.05, 0.1) is 139 Å². The molecule has 0 saturated carbocycles. The summed E-state index contributed by atoms with van der Waals surface area (Å²) in [7, 11) is -2.55. The van der Waals surface area contributed by atoms with Crippen molar-refractivity contribution in [2.75, 3.05) is 151 Å². The summed E-state index contributed by atoms with van der Waals surface area (Å²) in [5.74, 6) is 0.606. The second-order valence-corrected chi connectivity index (χ2v) is 19.0. The highest BCUT2D eigenvalue weighted by Crippen LogP contribution is 2.36. The van der Waals surface area contributed by atoms with E-state index < -0.39 is 8.32 Å². The van der Waals surface area contributed by atoms with Gasteiger partial charge >= 0.3 is 0 Å². The monoisotopic (exact) mass is 873 g/mol. The molecule has 1 N–H and O–H groups in total. The van der Waals surface area contributed by atoms with Crippen LogP contribution in [0, 0.1) is 0 Å². The van der Waals surface area contributed by atoms with Gasteiger partial charge in [-0.15, -0.1) is 0 Å². The van der Waals surface area contributed by atoms with Gasteiger partial charge in [-0.25, -0.2) is 0 Å². The standard InChI is InChI=1S/C46H71NO13Si/c1-41(48)47-42-15-17-43(18-16-42)59-39-37-57-35-33-55-31-29-53-27-25-51-23-21-49-19-20-50-22-24-52-26-28-54-30-32-56-34-36-58-38-40-60-61(46(2,3)4,44-11-7-5-8-12-44)45-13-9-6-10-14-45/h5-18H,19-40H2,1-4H3,(H,47,48). The van der Waals surface area contributed by atoms with E-state index in [1.54, 1.807) is 24.3 Å². The minimum absolute atomic E-state index is 0.0621. The van der Waals surface area contributed by atoms with Gasteiger partial charge in [-0.1, -0.05) is 81.4 Å². The third kappa shape index (κ3) is 23.1. The number of anilines is 1. The van der Waals surface area contributed by atoms with E-state index >= 15 is 0 Å². The molecule has 0 aliphatic heterocycles. The van der Waals surface area contributed by atoms with Gasteiger partial charge in [0.1, 0.15) is 12.4 Å². The molecular weight excluding hydrogens is 803 g/mol. The van der Waals surface area contributed by atoms with Gasteiger partial charge in [-0.2, -0.15) is 0 Å². The molecule has 14 nitrogen and oxygen atoms in total. The van der Waals surface area contributed by atoms with Gasteiger partial charge in [-0.05, 0) is 39.7 Å². The number of amides is 1. The Balaban J connectivity index is 0.989. The third-order valence-corrected chi connectivity index (χ3v) is 14.0. The van der Waals surface area contributed by atoms with E-state index in [1.807, 2.05) is 0 Å². The average molecular weight is 874 g/mol. The lowest BCUT2D eigenvalue weighted by atomic mass is 10.2. The van der Waals surface area contributed by atoms with Crippen molar-refractivity contribution in [3.05, 3.63) is 84.9 Å². The topological polar surface area (TPSA) is 140 Å². The van der Waals surface area contributed by atoms with E-state index in [0.29, 0.717) is 151 Å². The molecule has 3 aromatic rings. The minimum atomic E-state index is -2.55. The van der Waals surface area contributed by atoms with Crippen LogP contribution in [-0.2, 0) is 56.6 Å². The van der Waals surface area contributed by atoms with Gasteiger partial charge in [0, 0.05) is 12.6 Å². The third-order valence-electron chi connectivity index (χ3n) is 8.98. The molecule has 0 spiro atoms. The lowest BCUT2D eigenvalue weighted by molar-refractivity contribution is -0.114. The summed E-state index contributed by atoms with van der Waals surface area (Å²) in [5.41, 5.74) is 0.730. The maximum atomic E-state index is 11.1. The molecule has 3 aromatic carbocycles. The molecule has 0 radical (unpaired) electrons. The predicted molar refractivity (Wildman–Crippen MR) is 238 cm³/mol. The summed E-state index contributed by atoms with van der Waals surface area (Å²) in [6, 6.07) is 28.4. The quantitative estimate of drug-likeness (QED) is 0.0626. The van der Waals surface area contributed by atoms with E-state index in [2.05, 4.69) is 86.8 Å². The Morgan fingerprint density at radius 1 is 0.426 bits per heavy atom. The first kappa shape index (κ1) is 52.1. The molecule has 342 valence electrons. The van der Waals surface area contributed by atoms with Crippen molar-refractivity contribution in [2.45, 2.75) is 32.7 Å². The van der Waals surface area contributed by atoms with Crippen LogP contribution in [0.3, 0.4) is 0 Å². The first-order valence-corrected chi connectivity index (χ1v) is 23.3. The highest BCUT2D eigenvalue weighted by Gasteiger charge is 2.50. The van der Waals surface area contributed by atoms with Crippen LogP contribution in [0.1, 0.15) is 27.7 Å². The molecular formula is C46H71NO13Si. The number of benzene rings is 3. The fourth-order valence-electron chi connectivity index (χ4n) is 6.15. The molecule has 0 unspecified atom stereocenters. The zero-order valence-electron chi connectivity index (χ0n) is 36.9. The highest BCUT2D eigenvalue weighted by molar-refractivity contribution is 6.99. The maximum Gasteiger partial charge on any atom is 0.261 e. The lowest BCUT2D eigenvalue weighted by Gasteiger charge is -2.43. The predicted octanol–water partition coefficient (Wildman–Crippen LogP) is 4.77. The molecule has 0 bridgehead atoms. The normalized spacial score (nSPS) is 11.9. The second-order valence-electron chi connectivity index (χ2n) is 14.7. The first-order valence-electron chi connectivity index (χ1n) is 21.4. The summed E-state index contributed by atoms with van der Waals surface area (Å²) < 4.78 is 68.3. The average Bonchev–Trinajstić information content (AvgIpc) is 3.25. The summed E-state index contributed by atoms with van der Waals surface area (Å²) in [5, 5.41) is 5.18. The Bertz CT molecular complexity index is 1440. The molecule has 3 rings (SSSR count). The van der Waals surface area contributed by atoms with Crippen molar-refractivity contribution in [3.8, 4) is 5.75 Å². The molecule has 61 heavy (non-hydrogen) atoms. The van der Waals surface area contributed by atoms with Crippen LogP contribution >= 0.6 is 0 Å². The van der Waals surface area contributed by atoms with Crippen LogP contribution in [0.25, 0.3) is 0 Å². The number of carbonyl (C=O) groups is 1. The molecule has 0 aromatic heterocycles. The Morgan fingerprint density at radius 3 is 1.02 bits per heavy atom. The Labute approximate surface area is 364 Å². The maximum absolute atomic E-state index is 11.1. The lowest BCUT2D eigenvalue weighted by Crippen LogP contribution is -2.66. The van der Waals surface area contributed by atoms with E-state index in [1.165, 1.54) is 17.3 Å². The molecule has 0 aliphatic carbocycles. The van der Waals surface area contributed by atoms with Crippen molar-refractivity contribution >= 4 is 30.3 Å². The summed E-state index contributed by atoms with van der Waals surface area (Å²) in [6.45, 7) is 19.0. The van der Waals surface area contributed by atoms with Gasteiger partial charge in [-0.3, -0.25) is 4.79 Å². The molecule has 0 heterocycles. The first-order chi connectivity index (χ1) is 29.8. The number of hydrogen-bond donors (Lipinski definition) is 1. The van der Waals surface area contributed by atoms with Gasteiger partial charge in [0.2, 0.25) is 5.91 Å². The second kappa shape index (κ2) is 33.3. The molecule has 0 aliphatic rings. The number of rotatable bonds is 38. The van der Waals surface area contributed by atoms with Crippen LogP contribution in [0.5, 0.6) is 5.75 Å². The van der Waals surface area contributed by atoms with Crippen LogP contribution in [-0.4, -0.2) is 160 Å². The summed E-state index contributed by atoms with van der Waals surface area (Å²) >= 11 is 0. The number of nitrogens with one attached hydrogen (secondary N) is 1. The van der Waals surface area contributed by atoms with Crippen molar-refractivity contribution in [1.29, 1.82) is 0 Å². The van der Waals surface area contributed by atoms with Crippen molar-refractivity contribution < 1.29 is 61.3 Å². The zero-order valence-corrected chi connectivity index (χ0v) is 37.9. The number of hydrogen-bond acceptors (Lipinski definition) is 13. The van der Waals surface area contributed by atoms with Crippen LogP contribution in [0.2, 0.25) is 5.04 Å². The summed E-state index contributed by atoms with van der Waals surface area (Å²) in [6.07, 6.45) is 0. The van der Waals surface area contributed by atoms with E-state index in [-0.39, 0.29) is 10.9 Å². The number of carbonyl (C=O) groups excluding carboxylic acids is 1. The fraction of sp³-hybridized carbons (Fsp3) is 0.587. The molecule has 0 atom stereocenters. The van der Waals surface area contributed by atoms with Crippen molar-refractivity contribution in [1.82, 2.24) is 0 Å². The van der Waals surface area contributed by atoms with Crippen molar-refractivity contribution in [2.24, 2.45) is 0 Å². The zero-order chi connectivity index (χ0) is 43.5. The molecule has 1 amide bonds. The van der Waals surface area contributed by atoms with E-state index in [0.717, 1.165) is 5.69 Å². The SMILES string of the molecule is CC(=O)Nc1ccc(OCCOCCOCCOCCOCCOCCOCCOCCOCCOCCOCCO[Si](c2ccccc2)(c2ccccc2)C(C)(C)C)cc1. The highest BCUT2D eigenvalue weighted by atomic mass is 28.4. The fourth-order valence-corrected chi connectivity index (χ4v) is 10.7. The van der Waals surface area contributed by atoms with Gasteiger partial charge < -0.3 is 61.8 Å². The number of ether oxygens (including phenoxy) is 11. The van der Waals surface area contributed by atoms with Gasteiger partial charge in [0.15, 0.2) is 0 Å². The summed E-state index contributed by atoms with van der Waals surface area (Å²) in [4.78, 5) is 11.1. The van der Waals surface area contributed by atoms with E-state index in [4.69, 9.17) is 56.5 Å². The largest absolute Gasteiger partial charge is 0.491 e. The van der Waals surface area contributed by atoms with Crippen LogP contribution in [0.15, 0.2) is 84.9 Å². The smallest absolute Gasteiger partial charge is 0.261 e. The molecule has 0 fully saturated rings. The van der Waals surface area contributed by atoms with Crippen LogP contribution < -0.4 is 20.4 Å². The minimum Gasteiger partial charge on any atom is -0.491 e. The molecule has 0 saturated heterocycles. The van der Waals surface area contributed by atoms with Gasteiger partial charge in [0.25, 0.3) is 8.32 Å². The Morgan fingerprint density at radius 2 is 0.721 bits per heavy atom. The van der Waals surface area contributed by atoms with E-state index in [9.17, 15) is 4.79 Å². The van der Waals surface area contributed by atoms with Crippen molar-refractivity contribution in [3.63, 3.8) is 0 Å². The Hall–Kier alpha value is -3.29. The molecule has 15 heteroatoms.